The van der Waals surface area contributed by atoms with Crippen LogP contribution in [0.15, 0.2) is 18.2 Å². The molecule has 0 aliphatic rings. The molecule has 0 fully saturated rings. The smallest absolute Gasteiger partial charge is 0.126 e. The maximum absolute atomic E-state index is 12.5. The van der Waals surface area contributed by atoms with Gasteiger partial charge >= 0.3 is 0 Å². The number of rotatable bonds is 0. The minimum atomic E-state index is -0.124. The van der Waals surface area contributed by atoms with Crippen molar-refractivity contribution in [3.63, 3.8) is 0 Å². The molecule has 68 valence electrons. The second-order valence-corrected chi connectivity index (χ2v) is 2.75. The fourth-order valence-electron chi connectivity index (χ4n) is 0.795. The highest BCUT2D eigenvalue weighted by atomic mass is 19.1. The summed E-state index contributed by atoms with van der Waals surface area (Å²) >= 11 is 0. The molecular weight excluding hydrogens is 153 g/mol. The Morgan fingerprint density at radius 3 is 2.00 bits per heavy atom. The van der Waals surface area contributed by atoms with Gasteiger partial charge in [-0.25, -0.2) is 4.39 Å². The van der Waals surface area contributed by atoms with E-state index in [1.165, 1.54) is 6.07 Å². The summed E-state index contributed by atoms with van der Waals surface area (Å²) in [6.07, 6.45) is 0. The number of nitrogens with one attached hydrogen (secondary N) is 1. The molecule has 0 heterocycles. The van der Waals surface area contributed by atoms with E-state index in [2.05, 4.69) is 5.32 Å². The van der Waals surface area contributed by atoms with Crippen LogP contribution in [0, 0.1) is 19.7 Å². The number of benzene rings is 1. The Kier molecular flexibility index (Phi) is 5.30. The van der Waals surface area contributed by atoms with Gasteiger partial charge in [-0.05, 0) is 39.6 Å². The van der Waals surface area contributed by atoms with Crippen molar-refractivity contribution in [2.75, 3.05) is 14.1 Å². The van der Waals surface area contributed by atoms with E-state index in [4.69, 9.17) is 0 Å². The van der Waals surface area contributed by atoms with Gasteiger partial charge in [-0.2, -0.15) is 0 Å². The Morgan fingerprint density at radius 1 is 1.17 bits per heavy atom. The molecule has 2 heteroatoms. The first-order chi connectivity index (χ1) is 5.61. The van der Waals surface area contributed by atoms with Gasteiger partial charge in [-0.15, -0.1) is 0 Å². The quantitative estimate of drug-likeness (QED) is 0.628. The van der Waals surface area contributed by atoms with Gasteiger partial charge in [0, 0.05) is 0 Å². The normalized spacial score (nSPS) is 8.75. The van der Waals surface area contributed by atoms with Crippen LogP contribution in [0.1, 0.15) is 11.1 Å². The zero-order valence-electron chi connectivity index (χ0n) is 8.11. The summed E-state index contributed by atoms with van der Waals surface area (Å²) in [5.41, 5.74) is 1.82. The van der Waals surface area contributed by atoms with E-state index < -0.39 is 0 Å². The molecule has 1 rings (SSSR count). The van der Waals surface area contributed by atoms with Crippen LogP contribution < -0.4 is 5.32 Å². The van der Waals surface area contributed by atoms with Gasteiger partial charge < -0.3 is 5.32 Å². The molecule has 0 saturated carbocycles. The molecule has 1 N–H and O–H groups in total. The average Bonchev–Trinajstić information content (AvgIpc) is 1.99. The van der Waals surface area contributed by atoms with Crippen LogP contribution in [-0.4, -0.2) is 14.1 Å². The van der Waals surface area contributed by atoms with Crippen molar-refractivity contribution < 1.29 is 4.39 Å². The van der Waals surface area contributed by atoms with E-state index in [1.807, 2.05) is 27.1 Å². The van der Waals surface area contributed by atoms with Crippen molar-refractivity contribution >= 4 is 0 Å². The van der Waals surface area contributed by atoms with Crippen LogP contribution in [0.5, 0.6) is 0 Å². The third-order valence-corrected chi connectivity index (χ3v) is 1.31. The summed E-state index contributed by atoms with van der Waals surface area (Å²) in [6.45, 7) is 3.72. The Morgan fingerprint density at radius 2 is 1.67 bits per heavy atom. The Balaban J connectivity index is 0.000000354. The number of hydrogen-bond acceptors (Lipinski definition) is 1. The third-order valence-electron chi connectivity index (χ3n) is 1.31. The molecule has 1 aromatic carbocycles. The maximum atomic E-state index is 12.5. The van der Waals surface area contributed by atoms with Crippen LogP contribution >= 0.6 is 0 Å². The predicted molar refractivity (Wildman–Crippen MR) is 50.9 cm³/mol. The van der Waals surface area contributed by atoms with Crippen LogP contribution in [0.25, 0.3) is 0 Å². The van der Waals surface area contributed by atoms with Gasteiger partial charge in [0.15, 0.2) is 0 Å². The molecule has 0 aliphatic carbocycles. The maximum Gasteiger partial charge on any atom is 0.126 e. The molecule has 0 unspecified atom stereocenters. The molecule has 0 aliphatic heterocycles. The monoisotopic (exact) mass is 169 g/mol. The molecule has 1 nitrogen and oxygen atoms in total. The minimum Gasteiger partial charge on any atom is -0.323 e. The van der Waals surface area contributed by atoms with E-state index in [9.17, 15) is 4.39 Å². The molecule has 0 saturated heterocycles. The molecule has 0 spiro atoms. The molecular formula is C10H16FN. The summed E-state index contributed by atoms with van der Waals surface area (Å²) < 4.78 is 12.5. The first-order valence-electron chi connectivity index (χ1n) is 3.93. The highest BCUT2D eigenvalue weighted by Crippen LogP contribution is 2.06. The van der Waals surface area contributed by atoms with Crippen LogP contribution in [-0.2, 0) is 0 Å². The number of aryl methyl sites for hydroxylation is 2. The molecule has 0 bridgehead atoms. The summed E-state index contributed by atoms with van der Waals surface area (Å²) in [5, 5.41) is 2.75. The largest absolute Gasteiger partial charge is 0.323 e. The molecule has 0 radical (unpaired) electrons. The van der Waals surface area contributed by atoms with Crippen molar-refractivity contribution in [3.05, 3.63) is 35.1 Å². The van der Waals surface area contributed by atoms with E-state index in [0.29, 0.717) is 0 Å². The van der Waals surface area contributed by atoms with Gasteiger partial charge in [0.2, 0.25) is 0 Å². The Hall–Kier alpha value is -0.890. The SMILES string of the molecule is CNC.Cc1ccc(F)c(C)c1. The Bertz CT molecular complexity index is 233. The summed E-state index contributed by atoms with van der Waals surface area (Å²) in [7, 11) is 3.75. The van der Waals surface area contributed by atoms with Gasteiger partial charge in [0.25, 0.3) is 0 Å². The molecule has 1 aromatic rings. The topological polar surface area (TPSA) is 12.0 Å². The van der Waals surface area contributed by atoms with Crippen LogP contribution in [0.4, 0.5) is 4.39 Å². The lowest BCUT2D eigenvalue weighted by atomic mass is 10.1. The van der Waals surface area contributed by atoms with Crippen molar-refractivity contribution in [3.8, 4) is 0 Å². The van der Waals surface area contributed by atoms with E-state index in [1.54, 1.807) is 13.0 Å². The first-order valence-corrected chi connectivity index (χ1v) is 3.93. The van der Waals surface area contributed by atoms with Gasteiger partial charge in [-0.1, -0.05) is 17.7 Å². The number of halogens is 1. The van der Waals surface area contributed by atoms with Gasteiger partial charge in [0.05, 0.1) is 0 Å². The lowest BCUT2D eigenvalue weighted by Crippen LogP contribution is -1.89. The van der Waals surface area contributed by atoms with E-state index >= 15 is 0 Å². The first kappa shape index (κ1) is 11.1. The highest BCUT2D eigenvalue weighted by molar-refractivity contribution is 5.22. The molecule has 0 atom stereocenters. The fraction of sp³-hybridized carbons (Fsp3) is 0.400. The second kappa shape index (κ2) is 5.72. The zero-order chi connectivity index (χ0) is 9.56. The second-order valence-electron chi connectivity index (χ2n) is 2.75. The molecule has 0 amide bonds. The predicted octanol–water partition coefficient (Wildman–Crippen LogP) is 2.28. The van der Waals surface area contributed by atoms with Gasteiger partial charge in [-0.3, -0.25) is 0 Å². The lowest BCUT2D eigenvalue weighted by molar-refractivity contribution is 0.618. The minimum absolute atomic E-state index is 0.124. The van der Waals surface area contributed by atoms with Crippen molar-refractivity contribution in [1.29, 1.82) is 0 Å². The summed E-state index contributed by atoms with van der Waals surface area (Å²) in [4.78, 5) is 0. The molecule has 12 heavy (non-hydrogen) atoms. The average molecular weight is 169 g/mol. The number of hydrogen-bond donors (Lipinski definition) is 1. The lowest BCUT2D eigenvalue weighted by Gasteiger charge is -1.95. The summed E-state index contributed by atoms with van der Waals surface area (Å²) in [6, 6.07) is 5.09. The highest BCUT2D eigenvalue weighted by Gasteiger charge is 1.93. The van der Waals surface area contributed by atoms with E-state index in [0.717, 1.165) is 11.1 Å². The third kappa shape index (κ3) is 4.09. The Labute approximate surface area is 73.6 Å². The fourth-order valence-corrected chi connectivity index (χ4v) is 0.795. The standard InChI is InChI=1S/C8H9F.C2H7N/c1-6-3-4-8(9)7(2)5-6;1-3-2/h3-5H,1-2H3;3H,1-2H3. The van der Waals surface area contributed by atoms with Crippen LogP contribution in [0.2, 0.25) is 0 Å². The van der Waals surface area contributed by atoms with Crippen LogP contribution in [0.3, 0.4) is 0 Å². The van der Waals surface area contributed by atoms with Crippen molar-refractivity contribution in [2.24, 2.45) is 0 Å². The van der Waals surface area contributed by atoms with Crippen molar-refractivity contribution in [2.45, 2.75) is 13.8 Å². The summed E-state index contributed by atoms with van der Waals surface area (Å²) in [5.74, 6) is -0.124. The zero-order valence-corrected chi connectivity index (χ0v) is 8.11. The molecule has 0 aromatic heterocycles. The van der Waals surface area contributed by atoms with Crippen molar-refractivity contribution in [1.82, 2.24) is 5.32 Å². The van der Waals surface area contributed by atoms with Gasteiger partial charge in [0.1, 0.15) is 5.82 Å². The van der Waals surface area contributed by atoms with E-state index in [-0.39, 0.29) is 5.82 Å².